The van der Waals surface area contributed by atoms with Crippen molar-refractivity contribution in [2.75, 3.05) is 19.6 Å². The number of carbonyl (C=O) groups is 1. The quantitative estimate of drug-likeness (QED) is 0.813. The fraction of sp³-hybridized carbons (Fsp3) is 0.364. The predicted molar refractivity (Wildman–Crippen MR) is 75.1 cm³/mol. The van der Waals surface area contributed by atoms with E-state index in [0.29, 0.717) is 5.92 Å². The average molecular weight is 353 g/mol. The summed E-state index contributed by atoms with van der Waals surface area (Å²) in [5.74, 6) is 0.635. The second-order valence-electron chi connectivity index (χ2n) is 3.74. The van der Waals surface area contributed by atoms with Gasteiger partial charge in [0.2, 0.25) is 0 Å². The smallest absolute Gasteiger partial charge is 0.251 e. The highest BCUT2D eigenvalue weighted by Crippen LogP contribution is 2.07. The van der Waals surface area contributed by atoms with Crippen LogP contribution >= 0.6 is 35.0 Å². The van der Waals surface area contributed by atoms with Crippen LogP contribution in [0.4, 0.5) is 0 Å². The third kappa shape index (κ3) is 3.61. The van der Waals surface area contributed by atoms with Crippen molar-refractivity contribution in [1.82, 2.24) is 10.6 Å². The molecule has 1 saturated heterocycles. The summed E-state index contributed by atoms with van der Waals surface area (Å²) in [6.45, 7) is 2.82. The van der Waals surface area contributed by atoms with E-state index in [2.05, 4.69) is 33.2 Å². The Morgan fingerprint density at radius 1 is 1.38 bits per heavy atom. The van der Waals surface area contributed by atoms with E-state index in [1.54, 1.807) is 0 Å². The van der Waals surface area contributed by atoms with Crippen molar-refractivity contribution in [3.63, 3.8) is 0 Å². The molecule has 1 heterocycles. The Labute approximate surface area is 115 Å². The molecular formula is C11H14ClIN2O. The molecule has 1 aliphatic rings. The van der Waals surface area contributed by atoms with Crippen molar-refractivity contribution in [3.05, 3.63) is 33.4 Å². The highest BCUT2D eigenvalue weighted by Gasteiger charge is 2.17. The summed E-state index contributed by atoms with van der Waals surface area (Å²) in [6.07, 6.45) is 0. The largest absolute Gasteiger partial charge is 0.352 e. The van der Waals surface area contributed by atoms with Crippen LogP contribution in [0.1, 0.15) is 10.4 Å². The molecule has 1 fully saturated rings. The zero-order valence-electron chi connectivity index (χ0n) is 8.70. The first-order valence-electron chi connectivity index (χ1n) is 5.00. The topological polar surface area (TPSA) is 41.1 Å². The molecule has 0 atom stereocenters. The molecule has 1 aliphatic heterocycles. The normalized spacial score (nSPS) is 14.8. The third-order valence-corrected chi connectivity index (χ3v) is 3.24. The van der Waals surface area contributed by atoms with E-state index >= 15 is 0 Å². The Bertz CT molecular complexity index is 352. The zero-order valence-corrected chi connectivity index (χ0v) is 11.7. The number of benzene rings is 1. The number of nitrogens with one attached hydrogen (secondary N) is 2. The monoisotopic (exact) mass is 352 g/mol. The predicted octanol–water partition coefficient (Wildman–Crippen LogP) is 1.66. The van der Waals surface area contributed by atoms with Gasteiger partial charge in [-0.25, -0.2) is 0 Å². The van der Waals surface area contributed by atoms with Gasteiger partial charge in [-0.05, 0) is 46.9 Å². The number of hydrogen-bond donors (Lipinski definition) is 2. The Morgan fingerprint density at radius 3 is 2.50 bits per heavy atom. The van der Waals surface area contributed by atoms with Crippen LogP contribution in [0.5, 0.6) is 0 Å². The molecule has 5 heteroatoms. The highest BCUT2D eigenvalue weighted by molar-refractivity contribution is 14.1. The molecule has 0 saturated carbocycles. The van der Waals surface area contributed by atoms with Gasteiger partial charge in [0.05, 0.1) is 0 Å². The second kappa shape index (κ2) is 6.42. The number of hydrogen-bond acceptors (Lipinski definition) is 2. The summed E-state index contributed by atoms with van der Waals surface area (Å²) in [6, 6.07) is 7.60. The summed E-state index contributed by atoms with van der Waals surface area (Å²) >= 11 is 2.23. The number of amides is 1. The molecule has 88 valence electrons. The summed E-state index contributed by atoms with van der Waals surface area (Å²) < 4.78 is 1.15. The van der Waals surface area contributed by atoms with Crippen molar-refractivity contribution >= 4 is 40.9 Å². The van der Waals surface area contributed by atoms with E-state index in [-0.39, 0.29) is 18.3 Å². The Kier molecular flexibility index (Phi) is 5.51. The molecule has 0 radical (unpaired) electrons. The molecule has 2 rings (SSSR count). The zero-order chi connectivity index (χ0) is 10.7. The van der Waals surface area contributed by atoms with Crippen molar-refractivity contribution < 1.29 is 4.79 Å². The standard InChI is InChI=1S/C11H13IN2O.ClH/c12-10-3-1-9(2-4-10)11(15)14-7-8-5-13-6-8;/h1-4,8,13H,5-7H2,(H,14,15);1H. The van der Waals surface area contributed by atoms with Crippen molar-refractivity contribution in [1.29, 1.82) is 0 Å². The summed E-state index contributed by atoms with van der Waals surface area (Å²) in [5, 5.41) is 6.12. The summed E-state index contributed by atoms with van der Waals surface area (Å²) in [5.41, 5.74) is 0.739. The van der Waals surface area contributed by atoms with Gasteiger partial charge in [-0.1, -0.05) is 0 Å². The average Bonchev–Trinajstić information content (AvgIpc) is 2.16. The van der Waals surface area contributed by atoms with Gasteiger partial charge in [-0.2, -0.15) is 0 Å². The number of carbonyl (C=O) groups excluding carboxylic acids is 1. The van der Waals surface area contributed by atoms with E-state index in [4.69, 9.17) is 0 Å². The molecule has 0 aromatic heterocycles. The molecule has 16 heavy (non-hydrogen) atoms. The lowest BCUT2D eigenvalue weighted by molar-refractivity contribution is 0.0942. The van der Waals surface area contributed by atoms with Crippen LogP contribution in [-0.2, 0) is 0 Å². The maximum Gasteiger partial charge on any atom is 0.251 e. The van der Waals surface area contributed by atoms with Gasteiger partial charge in [-0.3, -0.25) is 4.79 Å². The molecule has 0 unspecified atom stereocenters. The van der Waals surface area contributed by atoms with Gasteiger partial charge in [0.15, 0.2) is 0 Å². The van der Waals surface area contributed by atoms with Crippen molar-refractivity contribution in [3.8, 4) is 0 Å². The van der Waals surface area contributed by atoms with Crippen LogP contribution in [-0.4, -0.2) is 25.5 Å². The lowest BCUT2D eigenvalue weighted by atomic mass is 10.0. The minimum Gasteiger partial charge on any atom is -0.352 e. The van der Waals surface area contributed by atoms with E-state index in [9.17, 15) is 4.79 Å². The number of rotatable bonds is 3. The molecule has 0 bridgehead atoms. The Hall–Kier alpha value is -0.330. The molecule has 0 spiro atoms. The lowest BCUT2D eigenvalue weighted by Gasteiger charge is -2.27. The van der Waals surface area contributed by atoms with Gasteiger partial charge in [0.1, 0.15) is 0 Å². The van der Waals surface area contributed by atoms with Gasteiger partial charge < -0.3 is 10.6 Å². The van der Waals surface area contributed by atoms with E-state index in [0.717, 1.165) is 28.8 Å². The number of halogens is 2. The third-order valence-electron chi connectivity index (χ3n) is 2.52. The minimum atomic E-state index is 0. The fourth-order valence-electron chi connectivity index (χ4n) is 1.43. The molecule has 0 aliphatic carbocycles. The fourth-order valence-corrected chi connectivity index (χ4v) is 1.79. The Morgan fingerprint density at radius 2 is 2.00 bits per heavy atom. The van der Waals surface area contributed by atoms with Crippen LogP contribution < -0.4 is 10.6 Å². The SMILES string of the molecule is Cl.O=C(NCC1CNC1)c1ccc(I)cc1. The van der Waals surface area contributed by atoms with Crippen LogP contribution in [0, 0.1) is 9.49 Å². The van der Waals surface area contributed by atoms with Crippen molar-refractivity contribution in [2.24, 2.45) is 5.92 Å². The molecule has 1 amide bonds. The minimum absolute atomic E-state index is 0. The van der Waals surface area contributed by atoms with E-state index in [1.807, 2.05) is 24.3 Å². The van der Waals surface area contributed by atoms with E-state index in [1.165, 1.54) is 0 Å². The first kappa shape index (κ1) is 13.7. The van der Waals surface area contributed by atoms with Gasteiger partial charge >= 0.3 is 0 Å². The second-order valence-corrected chi connectivity index (χ2v) is 4.99. The molecular weight excluding hydrogens is 338 g/mol. The van der Waals surface area contributed by atoms with Crippen LogP contribution in [0.25, 0.3) is 0 Å². The van der Waals surface area contributed by atoms with Crippen LogP contribution in [0.3, 0.4) is 0 Å². The molecule has 1 aromatic carbocycles. The Balaban J connectivity index is 0.00000128. The maximum atomic E-state index is 11.7. The maximum absolute atomic E-state index is 11.7. The van der Waals surface area contributed by atoms with E-state index < -0.39 is 0 Å². The molecule has 3 nitrogen and oxygen atoms in total. The highest BCUT2D eigenvalue weighted by atomic mass is 127. The molecule has 2 N–H and O–H groups in total. The van der Waals surface area contributed by atoms with Gasteiger partial charge in [0, 0.05) is 34.7 Å². The first-order chi connectivity index (χ1) is 7.25. The summed E-state index contributed by atoms with van der Waals surface area (Å²) in [7, 11) is 0. The van der Waals surface area contributed by atoms with Crippen molar-refractivity contribution in [2.45, 2.75) is 0 Å². The summed E-state index contributed by atoms with van der Waals surface area (Å²) in [4.78, 5) is 11.7. The van der Waals surface area contributed by atoms with Crippen LogP contribution in [0.15, 0.2) is 24.3 Å². The first-order valence-corrected chi connectivity index (χ1v) is 6.08. The van der Waals surface area contributed by atoms with Gasteiger partial charge in [-0.15, -0.1) is 12.4 Å². The van der Waals surface area contributed by atoms with Gasteiger partial charge in [0.25, 0.3) is 5.91 Å². The van der Waals surface area contributed by atoms with Crippen LogP contribution in [0.2, 0.25) is 0 Å². The molecule has 1 aromatic rings. The lowest BCUT2D eigenvalue weighted by Crippen LogP contribution is -2.48.